The van der Waals surface area contributed by atoms with E-state index in [1.807, 2.05) is 42.6 Å². The van der Waals surface area contributed by atoms with Gasteiger partial charge in [-0.15, -0.1) is 0 Å². The van der Waals surface area contributed by atoms with Crippen LogP contribution in [-0.4, -0.2) is 29.2 Å². The predicted molar refractivity (Wildman–Crippen MR) is 100 cm³/mol. The van der Waals surface area contributed by atoms with Crippen LogP contribution < -0.4 is 20.1 Å². The molecule has 0 spiro atoms. The number of methoxy groups -OCH3 is 2. The lowest BCUT2D eigenvalue weighted by Crippen LogP contribution is -2.05. The zero-order valence-electron chi connectivity index (χ0n) is 14.8. The summed E-state index contributed by atoms with van der Waals surface area (Å²) in [4.78, 5) is 12.6. The summed E-state index contributed by atoms with van der Waals surface area (Å²) in [5.41, 5.74) is 2.15. The largest absolute Gasteiger partial charge is 0.493 e. The second-order valence-corrected chi connectivity index (χ2v) is 5.55. The summed E-state index contributed by atoms with van der Waals surface area (Å²) in [5, 5.41) is 6.55. The minimum Gasteiger partial charge on any atom is -0.493 e. The number of pyridine rings is 1. The molecule has 0 aliphatic rings. The third kappa shape index (κ3) is 4.60. The quantitative estimate of drug-likeness (QED) is 0.645. The molecule has 0 aliphatic carbocycles. The van der Waals surface area contributed by atoms with Gasteiger partial charge in [-0.25, -0.2) is 9.97 Å². The Morgan fingerprint density at radius 2 is 1.58 bits per heavy atom. The number of rotatable bonds is 8. The van der Waals surface area contributed by atoms with Gasteiger partial charge in [-0.05, 0) is 29.3 Å². The van der Waals surface area contributed by atoms with Crippen LogP contribution in [0.25, 0.3) is 0 Å². The smallest absolute Gasteiger partial charge is 0.161 e. The van der Waals surface area contributed by atoms with Crippen LogP contribution >= 0.6 is 0 Å². The summed E-state index contributed by atoms with van der Waals surface area (Å²) in [6.07, 6.45) is 5.11. The number of nitrogens with one attached hydrogen (secondary N) is 2. The van der Waals surface area contributed by atoms with Gasteiger partial charge in [0.25, 0.3) is 0 Å². The lowest BCUT2D eigenvalue weighted by molar-refractivity contribution is 0.354. The van der Waals surface area contributed by atoms with Crippen LogP contribution in [0.1, 0.15) is 11.1 Å². The summed E-state index contributed by atoms with van der Waals surface area (Å²) in [7, 11) is 3.25. The van der Waals surface area contributed by atoms with E-state index in [-0.39, 0.29) is 0 Å². The van der Waals surface area contributed by atoms with E-state index in [4.69, 9.17) is 9.47 Å². The molecule has 3 rings (SSSR count). The van der Waals surface area contributed by atoms with Gasteiger partial charge in [-0.3, -0.25) is 4.98 Å². The molecule has 134 valence electrons. The minimum atomic E-state index is 0.611. The standard InChI is InChI=1S/C19H21N5O2/c1-25-16-6-5-14(8-17(16)26-2)11-21-18-9-19(24-13-23-18)22-12-15-4-3-7-20-10-15/h3-10,13H,11-12H2,1-2H3,(H2,21,22,23,24). The molecule has 0 saturated carbocycles. The van der Waals surface area contributed by atoms with Crippen molar-refractivity contribution in [1.82, 2.24) is 15.0 Å². The monoisotopic (exact) mass is 351 g/mol. The summed E-state index contributed by atoms with van der Waals surface area (Å²) in [6, 6.07) is 11.6. The number of aromatic nitrogens is 3. The number of anilines is 2. The Bertz CT molecular complexity index is 842. The van der Waals surface area contributed by atoms with E-state index in [2.05, 4.69) is 25.6 Å². The lowest BCUT2D eigenvalue weighted by Gasteiger charge is -2.11. The summed E-state index contributed by atoms with van der Waals surface area (Å²) in [5.74, 6) is 2.90. The maximum Gasteiger partial charge on any atom is 0.161 e. The molecule has 0 atom stereocenters. The number of hydrogen-bond donors (Lipinski definition) is 2. The molecular formula is C19H21N5O2. The fourth-order valence-electron chi connectivity index (χ4n) is 2.43. The Morgan fingerprint density at radius 3 is 2.23 bits per heavy atom. The van der Waals surface area contributed by atoms with E-state index in [0.29, 0.717) is 24.6 Å². The minimum absolute atomic E-state index is 0.611. The average molecular weight is 351 g/mol. The van der Waals surface area contributed by atoms with Crippen molar-refractivity contribution in [2.45, 2.75) is 13.1 Å². The number of nitrogens with zero attached hydrogens (tertiary/aromatic N) is 3. The van der Waals surface area contributed by atoms with E-state index >= 15 is 0 Å². The van der Waals surface area contributed by atoms with Crippen molar-refractivity contribution in [3.8, 4) is 11.5 Å². The molecule has 0 unspecified atom stereocenters. The van der Waals surface area contributed by atoms with Crippen LogP contribution in [0.3, 0.4) is 0 Å². The molecule has 26 heavy (non-hydrogen) atoms. The summed E-state index contributed by atoms with van der Waals surface area (Å²) in [6.45, 7) is 1.26. The van der Waals surface area contributed by atoms with Gasteiger partial charge in [0.1, 0.15) is 18.0 Å². The predicted octanol–water partition coefficient (Wildman–Crippen LogP) is 3.11. The first kappa shape index (κ1) is 17.5. The fraction of sp³-hybridized carbons (Fsp3) is 0.211. The molecule has 7 nitrogen and oxygen atoms in total. The van der Waals surface area contributed by atoms with Crippen molar-refractivity contribution in [2.75, 3.05) is 24.9 Å². The molecule has 0 fully saturated rings. The number of ether oxygens (including phenoxy) is 2. The van der Waals surface area contributed by atoms with Gasteiger partial charge in [0.2, 0.25) is 0 Å². The molecule has 0 aliphatic heterocycles. The second-order valence-electron chi connectivity index (χ2n) is 5.55. The Hall–Kier alpha value is -3.35. The van der Waals surface area contributed by atoms with Crippen LogP contribution in [0.2, 0.25) is 0 Å². The Kier molecular flexibility index (Phi) is 5.82. The highest BCUT2D eigenvalue weighted by molar-refractivity contribution is 5.48. The SMILES string of the molecule is COc1ccc(CNc2cc(NCc3cccnc3)ncn2)cc1OC. The van der Waals surface area contributed by atoms with Crippen molar-refractivity contribution >= 4 is 11.6 Å². The van der Waals surface area contributed by atoms with Gasteiger partial charge in [0.05, 0.1) is 14.2 Å². The molecule has 0 bridgehead atoms. The van der Waals surface area contributed by atoms with Crippen molar-refractivity contribution in [3.63, 3.8) is 0 Å². The van der Waals surface area contributed by atoms with Crippen LogP contribution in [0, 0.1) is 0 Å². The van der Waals surface area contributed by atoms with Gasteiger partial charge in [-0.1, -0.05) is 12.1 Å². The van der Waals surface area contributed by atoms with Crippen molar-refractivity contribution in [3.05, 3.63) is 66.2 Å². The first-order chi connectivity index (χ1) is 12.8. The Balaban J connectivity index is 1.60. The average Bonchev–Trinajstić information content (AvgIpc) is 2.71. The highest BCUT2D eigenvalue weighted by Gasteiger charge is 2.05. The van der Waals surface area contributed by atoms with Gasteiger partial charge in [0, 0.05) is 31.5 Å². The van der Waals surface area contributed by atoms with E-state index in [0.717, 1.165) is 22.8 Å². The fourth-order valence-corrected chi connectivity index (χ4v) is 2.43. The zero-order chi connectivity index (χ0) is 18.2. The van der Waals surface area contributed by atoms with E-state index in [1.54, 1.807) is 20.4 Å². The molecule has 0 saturated heterocycles. The molecule has 2 aromatic heterocycles. The third-order valence-electron chi connectivity index (χ3n) is 3.79. The highest BCUT2D eigenvalue weighted by Crippen LogP contribution is 2.27. The Labute approximate surface area is 152 Å². The van der Waals surface area contributed by atoms with Crippen molar-refractivity contribution in [2.24, 2.45) is 0 Å². The molecule has 0 amide bonds. The number of benzene rings is 1. The molecular weight excluding hydrogens is 330 g/mol. The molecule has 1 aromatic carbocycles. The highest BCUT2D eigenvalue weighted by atomic mass is 16.5. The van der Waals surface area contributed by atoms with Crippen molar-refractivity contribution in [1.29, 1.82) is 0 Å². The van der Waals surface area contributed by atoms with Gasteiger partial charge < -0.3 is 20.1 Å². The Morgan fingerprint density at radius 1 is 0.846 bits per heavy atom. The topological polar surface area (TPSA) is 81.2 Å². The first-order valence-corrected chi connectivity index (χ1v) is 8.18. The molecule has 0 radical (unpaired) electrons. The molecule has 7 heteroatoms. The van der Waals surface area contributed by atoms with Crippen molar-refractivity contribution < 1.29 is 9.47 Å². The van der Waals surface area contributed by atoms with Gasteiger partial charge >= 0.3 is 0 Å². The van der Waals surface area contributed by atoms with Crippen LogP contribution in [0.4, 0.5) is 11.6 Å². The van der Waals surface area contributed by atoms with E-state index in [9.17, 15) is 0 Å². The first-order valence-electron chi connectivity index (χ1n) is 8.18. The summed E-state index contributed by atoms with van der Waals surface area (Å²) < 4.78 is 10.6. The number of hydrogen-bond acceptors (Lipinski definition) is 7. The second kappa shape index (κ2) is 8.66. The molecule has 2 N–H and O–H groups in total. The summed E-state index contributed by atoms with van der Waals surface area (Å²) >= 11 is 0. The lowest BCUT2D eigenvalue weighted by atomic mass is 10.2. The van der Waals surface area contributed by atoms with Crippen LogP contribution in [0.15, 0.2) is 55.1 Å². The van der Waals surface area contributed by atoms with Gasteiger partial charge in [-0.2, -0.15) is 0 Å². The maximum absolute atomic E-state index is 5.33. The molecule has 3 aromatic rings. The third-order valence-corrected chi connectivity index (χ3v) is 3.79. The molecule has 2 heterocycles. The van der Waals surface area contributed by atoms with Crippen LogP contribution in [0.5, 0.6) is 11.5 Å². The maximum atomic E-state index is 5.33. The van der Waals surface area contributed by atoms with E-state index in [1.165, 1.54) is 6.33 Å². The van der Waals surface area contributed by atoms with E-state index < -0.39 is 0 Å². The van der Waals surface area contributed by atoms with Crippen LogP contribution in [-0.2, 0) is 13.1 Å². The normalized spacial score (nSPS) is 10.2. The van der Waals surface area contributed by atoms with Gasteiger partial charge in [0.15, 0.2) is 11.5 Å². The zero-order valence-corrected chi connectivity index (χ0v) is 14.8.